The van der Waals surface area contributed by atoms with Crippen molar-refractivity contribution in [2.75, 3.05) is 32.0 Å². The Morgan fingerprint density at radius 1 is 1.19 bits per heavy atom. The molecule has 0 aliphatic carbocycles. The topological polar surface area (TPSA) is 69.6 Å². The summed E-state index contributed by atoms with van der Waals surface area (Å²) in [5.41, 5.74) is 0.944. The summed E-state index contributed by atoms with van der Waals surface area (Å²) in [6, 6.07) is 9.51. The van der Waals surface area contributed by atoms with Gasteiger partial charge in [0, 0.05) is 13.1 Å². The Morgan fingerprint density at radius 3 is 2.48 bits per heavy atom. The summed E-state index contributed by atoms with van der Waals surface area (Å²) in [6.07, 6.45) is 1.80. The molecule has 0 spiro atoms. The zero-order valence-corrected chi connectivity index (χ0v) is 13.1. The summed E-state index contributed by atoms with van der Waals surface area (Å²) in [6.45, 7) is 2.10. The first-order valence-corrected chi connectivity index (χ1v) is 9.06. The molecule has 0 bridgehead atoms. The van der Waals surface area contributed by atoms with Crippen molar-refractivity contribution in [3.05, 3.63) is 35.9 Å². The molecule has 6 heteroatoms. The van der Waals surface area contributed by atoms with Gasteiger partial charge in [0.15, 0.2) is 0 Å². The van der Waals surface area contributed by atoms with Crippen LogP contribution in [0.5, 0.6) is 0 Å². The van der Waals surface area contributed by atoms with E-state index in [1.54, 1.807) is 0 Å². The van der Waals surface area contributed by atoms with Crippen LogP contribution < -0.4 is 5.32 Å². The van der Waals surface area contributed by atoms with Gasteiger partial charge in [-0.3, -0.25) is 0 Å². The third-order valence-electron chi connectivity index (χ3n) is 3.85. The number of benzene rings is 1. The first-order valence-electron chi connectivity index (χ1n) is 7.45. The standard InChI is InChI=1S/C15H24N2O3S/c18-11-10-17(12-14-4-2-1-3-5-14)21(19,20)13-15-6-8-16-9-7-15/h1-5,15-16,18H,6-13H2. The zero-order chi connectivity index (χ0) is 15.1. The number of hydrogen-bond donors (Lipinski definition) is 2. The minimum absolute atomic E-state index is 0.154. The van der Waals surface area contributed by atoms with Crippen LogP contribution in [0.15, 0.2) is 30.3 Å². The number of sulfonamides is 1. The van der Waals surface area contributed by atoms with Crippen LogP contribution in [0.1, 0.15) is 18.4 Å². The molecule has 1 saturated heterocycles. The van der Waals surface area contributed by atoms with Crippen molar-refractivity contribution >= 4 is 10.0 Å². The van der Waals surface area contributed by atoms with Gasteiger partial charge in [-0.2, -0.15) is 4.31 Å². The Kier molecular flexibility index (Phi) is 6.17. The number of nitrogens with zero attached hydrogens (tertiary/aromatic N) is 1. The third-order valence-corrected chi connectivity index (χ3v) is 5.84. The van der Waals surface area contributed by atoms with Crippen LogP contribution >= 0.6 is 0 Å². The van der Waals surface area contributed by atoms with Crippen LogP contribution in [0.2, 0.25) is 0 Å². The molecule has 0 radical (unpaired) electrons. The van der Waals surface area contributed by atoms with Crippen molar-refractivity contribution in [3.63, 3.8) is 0 Å². The van der Waals surface area contributed by atoms with Gasteiger partial charge >= 0.3 is 0 Å². The molecule has 118 valence electrons. The van der Waals surface area contributed by atoms with E-state index in [-0.39, 0.29) is 24.8 Å². The highest BCUT2D eigenvalue weighted by Crippen LogP contribution is 2.18. The van der Waals surface area contributed by atoms with E-state index < -0.39 is 10.0 Å². The number of nitrogens with one attached hydrogen (secondary N) is 1. The van der Waals surface area contributed by atoms with E-state index >= 15 is 0 Å². The molecule has 5 nitrogen and oxygen atoms in total. The fourth-order valence-corrected chi connectivity index (χ4v) is 4.51. The predicted molar refractivity (Wildman–Crippen MR) is 83.3 cm³/mol. The van der Waals surface area contributed by atoms with Crippen LogP contribution in [0.3, 0.4) is 0 Å². The van der Waals surface area contributed by atoms with E-state index in [0.717, 1.165) is 31.5 Å². The molecule has 2 rings (SSSR count). The SMILES string of the molecule is O=S(=O)(CC1CCNCC1)N(CCO)Cc1ccccc1. The minimum atomic E-state index is -3.34. The van der Waals surface area contributed by atoms with Gasteiger partial charge in [-0.05, 0) is 37.4 Å². The molecule has 1 fully saturated rings. The number of aliphatic hydroxyl groups is 1. The molecule has 0 atom stereocenters. The third kappa shape index (κ3) is 5.07. The average molecular weight is 312 g/mol. The highest BCUT2D eigenvalue weighted by molar-refractivity contribution is 7.89. The largest absolute Gasteiger partial charge is 0.395 e. The Balaban J connectivity index is 2.04. The maximum Gasteiger partial charge on any atom is 0.214 e. The van der Waals surface area contributed by atoms with Crippen molar-refractivity contribution in [2.45, 2.75) is 19.4 Å². The van der Waals surface area contributed by atoms with Crippen LogP contribution in [0.4, 0.5) is 0 Å². The first-order chi connectivity index (χ1) is 10.1. The van der Waals surface area contributed by atoms with Gasteiger partial charge in [-0.25, -0.2) is 8.42 Å². The lowest BCUT2D eigenvalue weighted by atomic mass is 10.0. The highest BCUT2D eigenvalue weighted by Gasteiger charge is 2.27. The first kappa shape index (κ1) is 16.4. The summed E-state index contributed by atoms with van der Waals surface area (Å²) in [5.74, 6) is 0.398. The molecule has 0 saturated carbocycles. The fourth-order valence-electron chi connectivity index (χ4n) is 2.67. The molecule has 0 unspecified atom stereocenters. The Bertz CT molecular complexity index is 513. The molecule has 0 aromatic heterocycles. The van der Waals surface area contributed by atoms with E-state index in [4.69, 9.17) is 5.11 Å². The summed E-state index contributed by atoms with van der Waals surface area (Å²) in [5, 5.41) is 12.4. The van der Waals surface area contributed by atoms with Gasteiger partial charge in [0.1, 0.15) is 0 Å². The molecule has 2 N–H and O–H groups in total. The van der Waals surface area contributed by atoms with Crippen LogP contribution in [-0.2, 0) is 16.6 Å². The van der Waals surface area contributed by atoms with E-state index in [9.17, 15) is 8.42 Å². The molecular formula is C15H24N2O3S. The molecule has 1 aliphatic heterocycles. The van der Waals surface area contributed by atoms with Crippen LogP contribution in [-0.4, -0.2) is 49.8 Å². The number of piperidine rings is 1. The number of aliphatic hydroxyl groups excluding tert-OH is 1. The van der Waals surface area contributed by atoms with E-state index in [1.807, 2.05) is 30.3 Å². The van der Waals surface area contributed by atoms with E-state index in [1.165, 1.54) is 4.31 Å². The summed E-state index contributed by atoms with van der Waals surface area (Å²) < 4.78 is 26.6. The maximum atomic E-state index is 12.6. The monoisotopic (exact) mass is 312 g/mol. The minimum Gasteiger partial charge on any atom is -0.395 e. The second-order valence-corrected chi connectivity index (χ2v) is 7.53. The van der Waals surface area contributed by atoms with Gasteiger partial charge in [-0.15, -0.1) is 0 Å². The lowest BCUT2D eigenvalue weighted by molar-refractivity contribution is 0.249. The van der Waals surface area contributed by atoms with Gasteiger partial charge < -0.3 is 10.4 Å². The summed E-state index contributed by atoms with van der Waals surface area (Å²) >= 11 is 0. The Hall–Kier alpha value is -0.950. The lowest BCUT2D eigenvalue weighted by Crippen LogP contribution is -2.39. The Labute approximate surface area is 127 Å². The fraction of sp³-hybridized carbons (Fsp3) is 0.600. The smallest absolute Gasteiger partial charge is 0.214 e. The second kappa shape index (κ2) is 7.89. The van der Waals surface area contributed by atoms with Crippen molar-refractivity contribution in [3.8, 4) is 0 Å². The zero-order valence-electron chi connectivity index (χ0n) is 12.2. The van der Waals surface area contributed by atoms with Gasteiger partial charge in [0.2, 0.25) is 10.0 Å². The van der Waals surface area contributed by atoms with Crippen molar-refractivity contribution in [2.24, 2.45) is 5.92 Å². The van der Waals surface area contributed by atoms with E-state index in [2.05, 4.69) is 5.32 Å². The molecule has 1 aromatic rings. The maximum absolute atomic E-state index is 12.6. The van der Waals surface area contributed by atoms with Gasteiger partial charge in [0.25, 0.3) is 0 Å². The molecule has 1 aliphatic rings. The molecule has 1 aromatic carbocycles. The molecule has 21 heavy (non-hydrogen) atoms. The Morgan fingerprint density at radius 2 is 1.86 bits per heavy atom. The van der Waals surface area contributed by atoms with E-state index in [0.29, 0.717) is 6.54 Å². The molecule has 0 amide bonds. The predicted octanol–water partition coefficient (Wildman–Crippen LogP) is 0.810. The van der Waals surface area contributed by atoms with Crippen molar-refractivity contribution < 1.29 is 13.5 Å². The van der Waals surface area contributed by atoms with Crippen LogP contribution in [0, 0.1) is 5.92 Å². The normalized spacial score (nSPS) is 17.2. The second-order valence-electron chi connectivity index (χ2n) is 5.51. The van der Waals surface area contributed by atoms with Gasteiger partial charge in [-0.1, -0.05) is 30.3 Å². The van der Waals surface area contributed by atoms with Crippen molar-refractivity contribution in [1.29, 1.82) is 0 Å². The van der Waals surface area contributed by atoms with Crippen LogP contribution in [0.25, 0.3) is 0 Å². The number of hydrogen-bond acceptors (Lipinski definition) is 4. The summed E-state index contributed by atoms with van der Waals surface area (Å²) in [4.78, 5) is 0. The lowest BCUT2D eigenvalue weighted by Gasteiger charge is -2.27. The summed E-state index contributed by atoms with van der Waals surface area (Å²) in [7, 11) is -3.34. The average Bonchev–Trinajstić information content (AvgIpc) is 2.48. The van der Waals surface area contributed by atoms with Gasteiger partial charge in [0.05, 0.1) is 12.4 Å². The molecular weight excluding hydrogens is 288 g/mol. The quantitative estimate of drug-likeness (QED) is 0.782. The van der Waals surface area contributed by atoms with Crippen molar-refractivity contribution in [1.82, 2.24) is 9.62 Å². The highest BCUT2D eigenvalue weighted by atomic mass is 32.2. The molecule has 1 heterocycles. The number of rotatable bonds is 7.